The molecule has 1 heterocycles. The first-order valence-electron chi connectivity index (χ1n) is 5.72. The fourth-order valence-corrected chi connectivity index (χ4v) is 1.99. The van der Waals surface area contributed by atoms with E-state index in [4.69, 9.17) is 4.74 Å². The van der Waals surface area contributed by atoms with E-state index >= 15 is 0 Å². The molecule has 2 unspecified atom stereocenters. The van der Waals surface area contributed by atoms with Gasteiger partial charge in [0, 0.05) is 19.1 Å². The highest BCUT2D eigenvalue weighted by atomic mass is 16.5. The summed E-state index contributed by atoms with van der Waals surface area (Å²) in [5.41, 5.74) is 0. The minimum Gasteiger partial charge on any atom is -0.376 e. The summed E-state index contributed by atoms with van der Waals surface area (Å²) < 4.78 is 5.69. The smallest absolute Gasteiger partial charge is 0.0714 e. The predicted molar refractivity (Wildman–Crippen MR) is 59.5 cm³/mol. The minimum absolute atomic E-state index is 0.403. The van der Waals surface area contributed by atoms with Crippen molar-refractivity contribution in [2.45, 2.75) is 38.8 Å². The summed E-state index contributed by atoms with van der Waals surface area (Å²) in [4.78, 5) is 0. The Morgan fingerprint density at radius 3 is 2.79 bits per heavy atom. The predicted octanol–water partition coefficient (Wildman–Crippen LogP) is 0.999. The van der Waals surface area contributed by atoms with Gasteiger partial charge in [-0.15, -0.1) is 0 Å². The van der Waals surface area contributed by atoms with Gasteiger partial charge < -0.3 is 15.4 Å². The van der Waals surface area contributed by atoms with Gasteiger partial charge in [-0.1, -0.05) is 13.8 Å². The molecule has 14 heavy (non-hydrogen) atoms. The zero-order valence-electron chi connectivity index (χ0n) is 9.68. The first-order chi connectivity index (χ1) is 6.72. The van der Waals surface area contributed by atoms with Crippen LogP contribution >= 0.6 is 0 Å². The average molecular weight is 200 g/mol. The van der Waals surface area contributed by atoms with E-state index in [1.54, 1.807) is 0 Å². The van der Waals surface area contributed by atoms with Crippen LogP contribution in [0, 0.1) is 5.92 Å². The zero-order chi connectivity index (χ0) is 10.4. The van der Waals surface area contributed by atoms with E-state index in [0.717, 1.165) is 32.0 Å². The Hall–Kier alpha value is -0.120. The van der Waals surface area contributed by atoms with Crippen molar-refractivity contribution in [1.82, 2.24) is 10.6 Å². The van der Waals surface area contributed by atoms with Crippen LogP contribution in [-0.2, 0) is 4.74 Å². The molecule has 1 rings (SSSR count). The maximum Gasteiger partial charge on any atom is 0.0714 e. The maximum atomic E-state index is 5.69. The molecule has 3 nitrogen and oxygen atoms in total. The molecule has 1 saturated heterocycles. The quantitative estimate of drug-likeness (QED) is 0.694. The van der Waals surface area contributed by atoms with Crippen LogP contribution in [-0.4, -0.2) is 38.9 Å². The van der Waals surface area contributed by atoms with Gasteiger partial charge in [0.25, 0.3) is 0 Å². The van der Waals surface area contributed by atoms with Gasteiger partial charge in [-0.05, 0) is 25.8 Å². The van der Waals surface area contributed by atoms with E-state index in [0.29, 0.717) is 12.1 Å². The molecule has 2 N–H and O–H groups in total. The molecule has 0 amide bonds. The molecule has 0 aliphatic carbocycles. The summed E-state index contributed by atoms with van der Waals surface area (Å²) in [6.07, 6.45) is 2.76. The first kappa shape index (κ1) is 12.0. The second-order valence-corrected chi connectivity index (χ2v) is 4.55. The van der Waals surface area contributed by atoms with Gasteiger partial charge in [-0.2, -0.15) is 0 Å². The standard InChI is InChI=1S/C11H24N2O/c1-9(2)6-10(12-3)7-11-8-13-4-5-14-11/h9-13H,4-8H2,1-3H3. The SMILES string of the molecule is CNC(CC(C)C)CC1CNCCO1. The van der Waals surface area contributed by atoms with Crippen LogP contribution < -0.4 is 10.6 Å². The normalized spacial score (nSPS) is 25.3. The third-order valence-electron chi connectivity index (χ3n) is 2.72. The molecule has 0 aromatic rings. The Balaban J connectivity index is 2.23. The Kier molecular flexibility index (Phi) is 5.45. The van der Waals surface area contributed by atoms with Crippen LogP contribution in [0.1, 0.15) is 26.7 Å². The van der Waals surface area contributed by atoms with Crippen molar-refractivity contribution in [2.75, 3.05) is 26.7 Å². The molecule has 3 heteroatoms. The molecule has 1 aliphatic rings. The fourth-order valence-electron chi connectivity index (χ4n) is 1.99. The molecule has 2 atom stereocenters. The summed E-state index contributed by atoms with van der Waals surface area (Å²) in [7, 11) is 2.04. The lowest BCUT2D eigenvalue weighted by Gasteiger charge is -2.28. The number of rotatable bonds is 5. The van der Waals surface area contributed by atoms with E-state index in [-0.39, 0.29) is 0 Å². The molecule has 0 bridgehead atoms. The molecular formula is C11H24N2O. The summed E-state index contributed by atoms with van der Waals surface area (Å²) >= 11 is 0. The number of ether oxygens (including phenoxy) is 1. The van der Waals surface area contributed by atoms with Crippen LogP contribution in [0.25, 0.3) is 0 Å². The van der Waals surface area contributed by atoms with E-state index in [1.165, 1.54) is 6.42 Å². The Labute approximate surface area is 87.6 Å². The van der Waals surface area contributed by atoms with Gasteiger partial charge >= 0.3 is 0 Å². The van der Waals surface area contributed by atoms with Crippen LogP contribution in [0.2, 0.25) is 0 Å². The fraction of sp³-hybridized carbons (Fsp3) is 1.00. The van der Waals surface area contributed by atoms with Gasteiger partial charge in [0.15, 0.2) is 0 Å². The van der Waals surface area contributed by atoms with Crippen molar-refractivity contribution in [1.29, 1.82) is 0 Å². The van der Waals surface area contributed by atoms with E-state index in [1.807, 2.05) is 7.05 Å². The lowest BCUT2D eigenvalue weighted by atomic mass is 9.98. The Bertz CT molecular complexity index is 144. The zero-order valence-corrected chi connectivity index (χ0v) is 9.68. The molecular weight excluding hydrogens is 176 g/mol. The molecule has 0 saturated carbocycles. The van der Waals surface area contributed by atoms with Crippen molar-refractivity contribution >= 4 is 0 Å². The van der Waals surface area contributed by atoms with E-state index in [9.17, 15) is 0 Å². The van der Waals surface area contributed by atoms with Gasteiger partial charge in [-0.3, -0.25) is 0 Å². The van der Waals surface area contributed by atoms with E-state index < -0.39 is 0 Å². The van der Waals surface area contributed by atoms with E-state index in [2.05, 4.69) is 24.5 Å². The Morgan fingerprint density at radius 2 is 2.29 bits per heavy atom. The van der Waals surface area contributed by atoms with Crippen molar-refractivity contribution in [3.63, 3.8) is 0 Å². The molecule has 0 spiro atoms. The highest BCUT2D eigenvalue weighted by Crippen LogP contribution is 2.12. The highest BCUT2D eigenvalue weighted by Gasteiger charge is 2.18. The average Bonchev–Trinajstić information content (AvgIpc) is 2.17. The molecule has 1 fully saturated rings. The van der Waals surface area contributed by atoms with Crippen molar-refractivity contribution in [3.05, 3.63) is 0 Å². The lowest BCUT2D eigenvalue weighted by molar-refractivity contribution is 0.0165. The third-order valence-corrected chi connectivity index (χ3v) is 2.72. The first-order valence-corrected chi connectivity index (χ1v) is 5.72. The van der Waals surface area contributed by atoms with Gasteiger partial charge in [0.2, 0.25) is 0 Å². The highest BCUT2D eigenvalue weighted by molar-refractivity contribution is 4.75. The van der Waals surface area contributed by atoms with Crippen LogP contribution in [0.5, 0.6) is 0 Å². The van der Waals surface area contributed by atoms with Gasteiger partial charge in [0.05, 0.1) is 12.7 Å². The van der Waals surface area contributed by atoms with Crippen molar-refractivity contribution < 1.29 is 4.74 Å². The second-order valence-electron chi connectivity index (χ2n) is 4.55. The monoisotopic (exact) mass is 200 g/mol. The lowest BCUT2D eigenvalue weighted by Crippen LogP contribution is -2.42. The molecule has 0 aromatic carbocycles. The summed E-state index contributed by atoms with van der Waals surface area (Å²) in [5.74, 6) is 0.754. The molecule has 0 aromatic heterocycles. The number of morpholine rings is 1. The second kappa shape index (κ2) is 6.38. The van der Waals surface area contributed by atoms with Crippen LogP contribution in [0.15, 0.2) is 0 Å². The topological polar surface area (TPSA) is 33.3 Å². The maximum absolute atomic E-state index is 5.69. The summed E-state index contributed by atoms with van der Waals surface area (Å²) in [6.45, 7) is 7.42. The summed E-state index contributed by atoms with van der Waals surface area (Å²) in [5, 5.41) is 6.74. The number of hydrogen-bond donors (Lipinski definition) is 2. The number of nitrogens with one attached hydrogen (secondary N) is 2. The molecule has 1 aliphatic heterocycles. The largest absolute Gasteiger partial charge is 0.376 e. The summed E-state index contributed by atoms with van der Waals surface area (Å²) in [6, 6.07) is 0.597. The minimum atomic E-state index is 0.403. The van der Waals surface area contributed by atoms with Gasteiger partial charge in [0.1, 0.15) is 0 Å². The Morgan fingerprint density at radius 1 is 1.50 bits per heavy atom. The van der Waals surface area contributed by atoms with Gasteiger partial charge in [-0.25, -0.2) is 0 Å². The third kappa shape index (κ3) is 4.40. The molecule has 0 radical (unpaired) electrons. The van der Waals surface area contributed by atoms with Crippen LogP contribution in [0.3, 0.4) is 0 Å². The molecule has 84 valence electrons. The number of hydrogen-bond acceptors (Lipinski definition) is 3. The van der Waals surface area contributed by atoms with Crippen molar-refractivity contribution in [2.24, 2.45) is 5.92 Å². The van der Waals surface area contributed by atoms with Crippen LogP contribution in [0.4, 0.5) is 0 Å². The van der Waals surface area contributed by atoms with Crippen molar-refractivity contribution in [3.8, 4) is 0 Å².